The molecule has 2 aliphatic carbocycles. The number of Topliss-reactive ketones (excluding diaryl/α,β-unsaturated/α-hetero) is 1. The van der Waals surface area contributed by atoms with E-state index in [1.165, 1.54) is 35.5 Å². The Kier molecular flexibility index (Phi) is 25.6. The number of piperazine rings is 2. The van der Waals surface area contributed by atoms with Crippen LogP contribution >= 0.6 is 34.7 Å². The molecule has 4 amide bonds. The molecule has 19 nitrogen and oxygen atoms in total. The largest absolute Gasteiger partial charge is 0.501 e. The van der Waals surface area contributed by atoms with E-state index >= 15 is 4.39 Å². The van der Waals surface area contributed by atoms with Crippen molar-refractivity contribution in [2.75, 3.05) is 68.3 Å². The molecular weight excluding hydrogens is 1470 g/mol. The molecule has 28 heteroatoms. The molecule has 5 aliphatic rings. The van der Waals surface area contributed by atoms with Gasteiger partial charge in [-0.2, -0.15) is 13.2 Å². The first-order chi connectivity index (χ1) is 50.6. The van der Waals surface area contributed by atoms with Gasteiger partial charge in [0.15, 0.2) is 5.78 Å². The minimum absolute atomic E-state index is 0.0217. The molecule has 11 rings (SSSR count). The molecule has 8 atom stereocenters. The maximum Gasteiger partial charge on any atom is 0.501 e. The number of ketones is 1. The Morgan fingerprint density at radius 2 is 1.51 bits per heavy atom. The fourth-order valence-corrected chi connectivity index (χ4v) is 19.6. The number of sulfonamides is 1. The van der Waals surface area contributed by atoms with Gasteiger partial charge in [0, 0.05) is 122 Å². The zero-order valence-electron chi connectivity index (χ0n) is 61.4. The third-order valence-corrected chi connectivity index (χ3v) is 26.8. The molecule has 1 saturated carbocycles. The lowest BCUT2D eigenvalue weighted by Crippen LogP contribution is -2.52. The second kappa shape index (κ2) is 33.9. The van der Waals surface area contributed by atoms with Crippen LogP contribution < -0.4 is 25.6 Å². The predicted octanol–water partition coefficient (Wildman–Crippen LogP) is 13.7. The number of halogens is 5. The monoisotopic (exact) mass is 1570 g/mol. The average Bonchev–Trinajstić information content (AvgIpc) is 1.68. The fourth-order valence-electron chi connectivity index (χ4n) is 15.6. The highest BCUT2D eigenvalue weighted by molar-refractivity contribution is 7.99. The van der Waals surface area contributed by atoms with Crippen LogP contribution in [0.25, 0.3) is 16.0 Å². The molecule has 107 heavy (non-hydrogen) atoms. The molecule has 5 N–H and O–H groups in total. The highest BCUT2D eigenvalue weighted by atomic mass is 35.5. The number of likely N-dealkylation sites (tertiary alicyclic amines) is 2. The Bertz CT molecular complexity index is 4480. The Morgan fingerprint density at radius 3 is 2.17 bits per heavy atom. The minimum Gasteiger partial charge on any atom is -0.393 e. The number of nitrogens with zero attached hydrogens (tertiary/aromatic N) is 5. The molecule has 0 spiro atoms. The lowest BCUT2D eigenvalue weighted by atomic mass is 9.72. The van der Waals surface area contributed by atoms with Gasteiger partial charge in [-0.3, -0.25) is 33.8 Å². The van der Waals surface area contributed by atoms with Crippen molar-refractivity contribution in [2.45, 2.75) is 182 Å². The van der Waals surface area contributed by atoms with Gasteiger partial charge in [-0.05, 0) is 166 Å². The number of aryl methyl sites for hydroxylation is 1. The second-order valence-corrected chi connectivity index (χ2v) is 37.0. The smallest absolute Gasteiger partial charge is 0.393 e. The van der Waals surface area contributed by atoms with E-state index in [0.717, 1.165) is 69.2 Å². The zero-order valence-corrected chi connectivity index (χ0v) is 65.4. The normalized spacial score (nSPS) is 20.9. The van der Waals surface area contributed by atoms with Gasteiger partial charge in [-0.15, -0.1) is 23.1 Å². The quantitative estimate of drug-likeness (QED) is 0.0166. The summed E-state index contributed by atoms with van der Waals surface area (Å²) >= 11 is 9.04. The van der Waals surface area contributed by atoms with Gasteiger partial charge in [0.2, 0.25) is 17.7 Å². The predicted molar refractivity (Wildman–Crippen MR) is 411 cm³/mol. The number of fused-ring (bicyclic) bond motifs is 2. The number of sulfone groups is 1. The number of nitrogens with one attached hydrogen (secondary N) is 4. The Hall–Kier alpha value is -7.24. The highest BCUT2D eigenvalue weighted by Crippen LogP contribution is 2.45. The summed E-state index contributed by atoms with van der Waals surface area (Å²) in [5.74, 6) is -3.76. The summed E-state index contributed by atoms with van der Waals surface area (Å²) in [6.45, 7) is 18.5. The lowest BCUT2D eigenvalue weighted by Gasteiger charge is -2.39. The molecule has 2 bridgehead atoms. The number of carbonyl (C=O) groups is 5. The fraction of sp³-hybridized carbons (Fsp3) is 0.494. The van der Waals surface area contributed by atoms with Crippen LogP contribution in [0.4, 0.5) is 28.9 Å². The van der Waals surface area contributed by atoms with Crippen molar-refractivity contribution < 1.29 is 63.5 Å². The van der Waals surface area contributed by atoms with Gasteiger partial charge in [0.25, 0.3) is 25.8 Å². The number of thioether (sulfide) groups is 1. The number of aromatic nitrogens is 1. The standard InChI is InChI=1S/C79H96ClF4N9O10S4/c1-49(51-18-20-52(21-19-51)73-50(2)85-48-105-73)86-76(99)66-41-60(94)40-65(66)72(97)74(77(3,4)5)88-70(95)16-12-9-13-17-71(96)93-46-58-39-59(93)45-92(58)33-31-56(47-104-61-14-10-8-11-15-61)87-68-29-27-62(42-69(68)106(100,101)79(82,83)84)107(102,103)89-75(98)53-22-25-57(26-23-53)91-36-34-90(35-37-91)44-54-43-78(6,7)32-30-63(54)64-28-24-55(80)38-67(64)81/h8,10-11,14-15,18-29,38,42,48-49,56,58-60,65-66,74,87,94H,9,12-13,16-17,30-37,39-41,43-47H2,1-7H3,(H,86,99)(H,88,95)(H,89,98)/t49-,56+,58-,59-,60-,65?,66+,74+/m0/s1. The SMILES string of the molecule is Cc1ncsc1-c1ccc([C@H](C)NC(=O)[C@@H]2C[C@@H](O)CC2C(=O)[C@@H](NC(=O)CCCCCC(=O)N2C[C@@H]3C[C@H]2CN3CC[C@H](CSc2ccccc2)Nc2ccc(S(=O)(=O)NC(=O)c3ccc(N4CCN(CC5=C(c6ccc(Cl)cc6F)CCC(C)(C)C5)CC4)cc3)cc2S(=O)(=O)C(F)(F)F)C(C)(C)C)cc1. The van der Waals surface area contributed by atoms with Gasteiger partial charge < -0.3 is 30.9 Å². The van der Waals surface area contributed by atoms with Crippen molar-refractivity contribution in [3.8, 4) is 10.4 Å². The number of thiazole rings is 1. The van der Waals surface area contributed by atoms with Crippen LogP contribution in [0, 0.1) is 35.4 Å². The summed E-state index contributed by atoms with van der Waals surface area (Å²) < 4.78 is 116. The number of benzene rings is 5. The van der Waals surface area contributed by atoms with Gasteiger partial charge >= 0.3 is 5.51 Å². The van der Waals surface area contributed by atoms with Crippen LogP contribution in [0.15, 0.2) is 141 Å². The summed E-state index contributed by atoms with van der Waals surface area (Å²) in [6, 6.07) is 28.4. The maximum atomic E-state index is 15.2. The van der Waals surface area contributed by atoms with Gasteiger partial charge in [0.05, 0.1) is 50.8 Å². The molecule has 0 radical (unpaired) electrons. The highest BCUT2D eigenvalue weighted by Gasteiger charge is 2.50. The first kappa shape index (κ1) is 80.8. The number of rotatable bonds is 29. The van der Waals surface area contributed by atoms with Crippen LogP contribution in [0.2, 0.25) is 5.02 Å². The van der Waals surface area contributed by atoms with Crippen LogP contribution in [0.1, 0.15) is 152 Å². The molecule has 1 unspecified atom stereocenters. The van der Waals surface area contributed by atoms with E-state index in [1.807, 2.05) is 98.8 Å². The van der Waals surface area contributed by atoms with Crippen molar-refractivity contribution in [1.82, 2.24) is 35.0 Å². The molecular formula is C79H96ClF4N9O10S4. The van der Waals surface area contributed by atoms with Gasteiger partial charge in [0.1, 0.15) is 10.7 Å². The van der Waals surface area contributed by atoms with E-state index < -0.39 is 82.2 Å². The van der Waals surface area contributed by atoms with Crippen LogP contribution in [0.3, 0.4) is 0 Å². The van der Waals surface area contributed by atoms with Crippen LogP contribution in [0.5, 0.6) is 0 Å². The summed E-state index contributed by atoms with van der Waals surface area (Å²) in [4.78, 5) is 81.8. The first-order valence-corrected chi connectivity index (χ1v) is 41.9. The van der Waals surface area contributed by atoms with Crippen LogP contribution in [-0.2, 0) is 39.0 Å². The first-order valence-electron chi connectivity index (χ1n) is 36.7. The minimum atomic E-state index is -6.20. The molecule has 3 aliphatic heterocycles. The van der Waals surface area contributed by atoms with Crippen molar-refractivity contribution in [1.29, 1.82) is 0 Å². The molecule has 576 valence electrons. The van der Waals surface area contributed by atoms with Crippen molar-refractivity contribution in [3.63, 3.8) is 0 Å². The number of hydrogen-bond donors (Lipinski definition) is 5. The van der Waals surface area contributed by atoms with Gasteiger partial charge in [-0.1, -0.05) is 107 Å². The Balaban J connectivity index is 0.655. The van der Waals surface area contributed by atoms with Crippen LogP contribution in [-0.4, -0.2) is 165 Å². The number of aliphatic hydroxyl groups is 1. The number of aliphatic hydroxyl groups excluding tert-OH is 1. The molecule has 3 saturated heterocycles. The number of anilines is 2. The third kappa shape index (κ3) is 19.9. The lowest BCUT2D eigenvalue weighted by molar-refractivity contribution is -0.137. The summed E-state index contributed by atoms with van der Waals surface area (Å²) in [6.07, 6.45) is 4.79. The number of alkyl halides is 3. The van der Waals surface area contributed by atoms with E-state index in [1.54, 1.807) is 41.1 Å². The van der Waals surface area contributed by atoms with Gasteiger partial charge in [-0.25, -0.2) is 30.9 Å². The zero-order chi connectivity index (χ0) is 76.9. The second-order valence-electron chi connectivity index (χ2n) is 31.0. The van der Waals surface area contributed by atoms with Crippen molar-refractivity contribution >= 4 is 101 Å². The van der Waals surface area contributed by atoms with E-state index in [-0.39, 0.29) is 89.9 Å². The molecule has 4 fully saturated rings. The van der Waals surface area contributed by atoms with E-state index in [9.17, 15) is 59.1 Å². The third-order valence-electron chi connectivity index (χ3n) is 21.6. The summed E-state index contributed by atoms with van der Waals surface area (Å²) in [5.41, 5.74) is 1.15. The number of hydrogen-bond acceptors (Lipinski definition) is 17. The number of amides is 4. The number of carbonyl (C=O) groups excluding carboxylic acids is 5. The maximum absolute atomic E-state index is 15.2. The average molecular weight is 1570 g/mol. The summed E-state index contributed by atoms with van der Waals surface area (Å²) in [5, 5.41) is 20.2. The van der Waals surface area contributed by atoms with Crippen molar-refractivity contribution in [3.05, 3.63) is 160 Å². The number of unbranched alkanes of at least 4 members (excludes halogenated alkanes) is 2. The van der Waals surface area contributed by atoms with Crippen molar-refractivity contribution in [2.24, 2.45) is 22.7 Å². The topological polar surface area (TPSA) is 248 Å². The Morgan fingerprint density at radius 1 is 0.813 bits per heavy atom. The number of allylic oxidation sites excluding steroid dienone is 1. The van der Waals surface area contributed by atoms with E-state index in [2.05, 4.69) is 49.5 Å². The molecule has 5 aromatic carbocycles. The van der Waals surface area contributed by atoms with E-state index in [0.29, 0.717) is 101 Å². The molecule has 6 aromatic rings. The van der Waals surface area contributed by atoms with E-state index in [4.69, 9.17) is 11.6 Å². The summed E-state index contributed by atoms with van der Waals surface area (Å²) in [7, 11) is -11.2. The Labute approximate surface area is 638 Å². The molecule has 4 heterocycles. The molecule has 1 aromatic heterocycles.